The summed E-state index contributed by atoms with van der Waals surface area (Å²) in [5.74, 6) is 0. The molecule has 0 radical (unpaired) electrons. The van der Waals surface area contributed by atoms with Gasteiger partial charge in [0.15, 0.2) is 0 Å². The summed E-state index contributed by atoms with van der Waals surface area (Å²) in [5, 5.41) is 2.50. The molecule has 1 heterocycles. The van der Waals surface area contributed by atoms with Gasteiger partial charge in [0.2, 0.25) is 0 Å². The molecule has 3 aromatic rings. The van der Waals surface area contributed by atoms with Crippen molar-refractivity contribution in [3.05, 3.63) is 89.5 Å². The molecule has 4 heteroatoms. The zero-order chi connectivity index (χ0) is 19.6. The first-order valence-electron chi connectivity index (χ1n) is 9.56. The van der Waals surface area contributed by atoms with Crippen LogP contribution in [0.4, 0.5) is 13.2 Å². The second-order valence-corrected chi connectivity index (χ2v) is 7.29. The van der Waals surface area contributed by atoms with Gasteiger partial charge in [-0.1, -0.05) is 60.7 Å². The van der Waals surface area contributed by atoms with E-state index in [9.17, 15) is 13.2 Å². The molecule has 1 aliphatic rings. The summed E-state index contributed by atoms with van der Waals surface area (Å²) in [4.78, 5) is 2.35. The Labute approximate surface area is 163 Å². The third-order valence-electron chi connectivity index (χ3n) is 5.38. The second-order valence-electron chi connectivity index (χ2n) is 7.29. The summed E-state index contributed by atoms with van der Waals surface area (Å²) in [7, 11) is 0. The molecule has 144 valence electrons. The Balaban J connectivity index is 1.38. The summed E-state index contributed by atoms with van der Waals surface area (Å²) in [6.07, 6.45) is -0.479. The van der Waals surface area contributed by atoms with Gasteiger partial charge < -0.3 is 0 Å². The zero-order valence-electron chi connectivity index (χ0n) is 15.5. The van der Waals surface area contributed by atoms with Gasteiger partial charge in [-0.05, 0) is 52.4 Å². The number of hydrogen-bond acceptors (Lipinski definition) is 1. The molecule has 1 nitrogen and oxygen atoms in total. The van der Waals surface area contributed by atoms with Crippen LogP contribution in [0, 0.1) is 0 Å². The van der Waals surface area contributed by atoms with Crippen LogP contribution in [0.5, 0.6) is 0 Å². The van der Waals surface area contributed by atoms with Gasteiger partial charge in [0.05, 0.1) is 5.56 Å². The molecule has 0 N–H and O–H groups in total. The van der Waals surface area contributed by atoms with Gasteiger partial charge >= 0.3 is 6.18 Å². The van der Waals surface area contributed by atoms with Crippen molar-refractivity contribution in [2.45, 2.75) is 19.0 Å². The average Bonchev–Trinajstić information content (AvgIpc) is 2.72. The summed E-state index contributed by atoms with van der Waals surface area (Å²) in [6, 6.07) is 20.6. The molecule has 0 amide bonds. The van der Waals surface area contributed by atoms with Crippen molar-refractivity contribution in [3.8, 4) is 0 Å². The van der Waals surface area contributed by atoms with Crippen LogP contribution in [0.25, 0.3) is 16.3 Å². The largest absolute Gasteiger partial charge is 0.416 e. The van der Waals surface area contributed by atoms with Crippen LogP contribution >= 0.6 is 0 Å². The molecular weight excluding hydrogens is 371 g/mol. The van der Waals surface area contributed by atoms with Crippen molar-refractivity contribution >= 4 is 16.3 Å². The van der Waals surface area contributed by atoms with Gasteiger partial charge in [-0.3, -0.25) is 4.90 Å². The first-order valence-corrected chi connectivity index (χ1v) is 9.56. The molecule has 0 bridgehead atoms. The van der Waals surface area contributed by atoms with E-state index in [0.717, 1.165) is 44.1 Å². The normalized spacial score (nSPS) is 15.6. The van der Waals surface area contributed by atoms with Crippen molar-refractivity contribution in [1.29, 1.82) is 0 Å². The minimum absolute atomic E-state index is 0.579. The summed E-state index contributed by atoms with van der Waals surface area (Å²) < 4.78 is 38.8. The Kier molecular flexibility index (Phi) is 5.23. The van der Waals surface area contributed by atoms with E-state index in [2.05, 4.69) is 47.4 Å². The van der Waals surface area contributed by atoms with Crippen LogP contribution < -0.4 is 0 Å². The second kappa shape index (κ2) is 7.80. The lowest BCUT2D eigenvalue weighted by atomic mass is 10.0. The predicted molar refractivity (Wildman–Crippen MR) is 108 cm³/mol. The smallest absolute Gasteiger partial charge is 0.299 e. The van der Waals surface area contributed by atoms with Gasteiger partial charge in [-0.2, -0.15) is 13.2 Å². The maximum Gasteiger partial charge on any atom is 0.416 e. The number of alkyl halides is 3. The lowest BCUT2D eigenvalue weighted by molar-refractivity contribution is -0.137. The van der Waals surface area contributed by atoms with Crippen LogP contribution in [0.15, 0.2) is 72.8 Å². The number of halogens is 3. The third-order valence-corrected chi connectivity index (χ3v) is 5.38. The van der Waals surface area contributed by atoms with Crippen molar-refractivity contribution in [3.63, 3.8) is 0 Å². The summed E-state index contributed by atoms with van der Waals surface area (Å²) in [5.41, 5.74) is 2.42. The van der Waals surface area contributed by atoms with Gasteiger partial charge in [-0.15, -0.1) is 0 Å². The van der Waals surface area contributed by atoms with Crippen molar-refractivity contribution in [2.75, 3.05) is 19.6 Å². The van der Waals surface area contributed by atoms with Crippen LogP contribution in [0.1, 0.15) is 23.1 Å². The van der Waals surface area contributed by atoms with E-state index in [1.807, 2.05) is 6.07 Å². The molecule has 0 aliphatic carbocycles. The van der Waals surface area contributed by atoms with Gasteiger partial charge in [-0.25, -0.2) is 0 Å². The SMILES string of the molecule is FC(F)(F)[14c]1[14cH][14cH][14cH][14c](C2=CCN(CCc3ccc4ccccc4c3)CC2)[14cH]1. The van der Waals surface area contributed by atoms with Crippen molar-refractivity contribution in [1.82, 2.24) is 4.90 Å². The summed E-state index contributed by atoms with van der Waals surface area (Å²) in [6.45, 7) is 2.60. The molecule has 0 saturated carbocycles. The maximum atomic E-state index is 12.9. The fourth-order valence-electron chi connectivity index (χ4n) is 3.75. The van der Waals surface area contributed by atoms with Gasteiger partial charge in [0, 0.05) is 19.6 Å². The quantitative estimate of drug-likeness (QED) is 0.511. The lowest BCUT2D eigenvalue weighted by Crippen LogP contribution is -2.30. The molecule has 0 saturated heterocycles. The Morgan fingerprint density at radius 1 is 1.04 bits per heavy atom. The first kappa shape index (κ1) is 18.8. The van der Waals surface area contributed by atoms with Crippen molar-refractivity contribution in [2.24, 2.45) is 0 Å². The highest BCUT2D eigenvalue weighted by Crippen LogP contribution is 2.32. The topological polar surface area (TPSA) is 3.24 Å². The van der Waals surface area contributed by atoms with Crippen LogP contribution in [-0.2, 0) is 12.6 Å². The Hall–Kier alpha value is -2.59. The highest BCUT2D eigenvalue weighted by Gasteiger charge is 2.30. The number of nitrogens with zero attached hydrogens (tertiary/aromatic N) is 1. The third kappa shape index (κ3) is 4.28. The number of rotatable bonds is 4. The summed E-state index contributed by atoms with van der Waals surface area (Å²) >= 11 is 0. The van der Waals surface area contributed by atoms with E-state index in [4.69, 9.17) is 0 Å². The van der Waals surface area contributed by atoms with Crippen molar-refractivity contribution < 1.29 is 13.2 Å². The van der Waals surface area contributed by atoms with Gasteiger partial charge in [0.1, 0.15) is 0 Å². The molecule has 0 spiro atoms. The molecule has 4 rings (SSSR count). The Morgan fingerprint density at radius 2 is 1.86 bits per heavy atom. The maximum absolute atomic E-state index is 12.9. The molecule has 0 unspecified atom stereocenters. The van der Waals surface area contributed by atoms with E-state index in [-0.39, 0.29) is 0 Å². The van der Waals surface area contributed by atoms with Gasteiger partial charge in [0.25, 0.3) is 0 Å². The minimum Gasteiger partial charge on any atom is -0.299 e. The van der Waals surface area contributed by atoms with Crippen LogP contribution in [0.3, 0.4) is 0 Å². The predicted octanol–water partition coefficient (Wildman–Crippen LogP) is 6.19. The fourth-order valence-corrected chi connectivity index (χ4v) is 3.75. The van der Waals surface area contributed by atoms with E-state index >= 15 is 0 Å². The van der Waals surface area contributed by atoms with E-state index in [0.29, 0.717) is 5.56 Å². The molecule has 3 aromatic carbocycles. The Morgan fingerprint density at radius 3 is 2.61 bits per heavy atom. The molecule has 0 aromatic heterocycles. The van der Waals surface area contributed by atoms with Crippen LogP contribution in [0.2, 0.25) is 0 Å². The lowest BCUT2D eigenvalue weighted by Gasteiger charge is -2.26. The number of benzene rings is 3. The van der Waals surface area contributed by atoms with E-state index in [1.54, 1.807) is 6.07 Å². The molecule has 1 aliphatic heterocycles. The first-order chi connectivity index (χ1) is 13.5. The molecule has 0 fully saturated rings. The van der Waals surface area contributed by atoms with E-state index in [1.165, 1.54) is 28.5 Å². The number of fused-ring (bicyclic) bond motifs is 1. The fraction of sp³-hybridized carbons (Fsp3) is 0.250. The monoisotopic (exact) mass is 393 g/mol. The highest BCUT2D eigenvalue weighted by molar-refractivity contribution is 5.83. The van der Waals surface area contributed by atoms with Crippen LogP contribution in [-0.4, -0.2) is 24.5 Å². The highest BCUT2D eigenvalue weighted by atomic mass is 19.4. The number of hydrogen-bond donors (Lipinski definition) is 0. The molecule has 0 atom stereocenters. The minimum atomic E-state index is -4.29. The Bertz CT molecular complexity index is 1000. The standard InChI is InChI=1S/C24H22F3N/c25-24(26,27)23-7-3-6-22(17-23)20-11-14-28(15-12-20)13-10-18-8-9-19-4-1-2-5-21(19)16-18/h1-9,11,16-17H,10,12-15H2/i3+2,6+2,7+2,17+2,22+2,23+2. The molecular formula is C24H22F3N. The zero-order valence-corrected chi connectivity index (χ0v) is 15.5. The van der Waals surface area contributed by atoms with E-state index < -0.39 is 11.7 Å². The molecule has 28 heavy (non-hydrogen) atoms. The average molecular weight is 393 g/mol.